The third-order valence-corrected chi connectivity index (χ3v) is 6.97. The molecule has 1 spiro atoms. The van der Waals surface area contributed by atoms with Crippen LogP contribution in [0.4, 0.5) is 5.69 Å². The van der Waals surface area contributed by atoms with Crippen LogP contribution in [0.2, 0.25) is 5.02 Å². The molecule has 1 aliphatic carbocycles. The first kappa shape index (κ1) is 20.2. The average Bonchev–Trinajstić information content (AvgIpc) is 3.34. The van der Waals surface area contributed by atoms with Gasteiger partial charge in [-0.05, 0) is 31.4 Å². The molecule has 7 nitrogen and oxygen atoms in total. The van der Waals surface area contributed by atoms with E-state index in [-0.39, 0.29) is 23.1 Å². The van der Waals surface area contributed by atoms with E-state index in [0.717, 1.165) is 61.1 Å². The molecule has 3 N–H and O–H groups in total. The molecular formula is C23H27ClN4O3. The molecule has 31 heavy (non-hydrogen) atoms. The summed E-state index contributed by atoms with van der Waals surface area (Å²) in [6.07, 6.45) is 6.82. The van der Waals surface area contributed by atoms with Crippen molar-refractivity contribution in [1.29, 1.82) is 0 Å². The first-order valence-electron chi connectivity index (χ1n) is 11.0. The summed E-state index contributed by atoms with van der Waals surface area (Å²) in [6.45, 7) is 5.76. The smallest absolute Gasteiger partial charge is 0.287 e. The standard InChI is InChI=1S/C23H27ClN4O3/c1-14-26-20-16(24)12-15-13-17(22(30)25-9-11-28-10-5-6-18(28)29)31-21(15)19(20)23(27-14)7-3-2-4-8-23/h12-13,26-27H,1-11H2,(H,25,30). The second-order valence-corrected chi connectivity index (χ2v) is 9.16. The third kappa shape index (κ3) is 3.55. The van der Waals surface area contributed by atoms with Gasteiger partial charge in [0, 0.05) is 37.0 Å². The zero-order valence-electron chi connectivity index (χ0n) is 17.5. The fourth-order valence-electron chi connectivity index (χ4n) is 5.24. The summed E-state index contributed by atoms with van der Waals surface area (Å²) in [7, 11) is 0. The molecule has 0 bridgehead atoms. The Hall–Kier alpha value is -2.67. The molecule has 164 valence electrons. The number of fused-ring (bicyclic) bond motifs is 4. The van der Waals surface area contributed by atoms with Crippen LogP contribution in [0.5, 0.6) is 0 Å². The van der Waals surface area contributed by atoms with E-state index in [2.05, 4.69) is 22.5 Å². The lowest BCUT2D eigenvalue weighted by Gasteiger charge is -2.44. The van der Waals surface area contributed by atoms with Crippen molar-refractivity contribution < 1.29 is 14.0 Å². The molecule has 0 radical (unpaired) electrons. The van der Waals surface area contributed by atoms with Crippen LogP contribution in [0.1, 0.15) is 61.1 Å². The fourth-order valence-corrected chi connectivity index (χ4v) is 5.50. The third-order valence-electron chi connectivity index (χ3n) is 6.67. The molecule has 2 amide bonds. The number of hydrogen-bond donors (Lipinski definition) is 3. The number of hydrogen-bond acceptors (Lipinski definition) is 5. The number of anilines is 1. The highest BCUT2D eigenvalue weighted by molar-refractivity contribution is 6.34. The Kier molecular flexibility index (Phi) is 5.08. The maximum atomic E-state index is 12.8. The summed E-state index contributed by atoms with van der Waals surface area (Å²) in [6, 6.07) is 3.58. The molecule has 5 rings (SSSR count). The van der Waals surface area contributed by atoms with Gasteiger partial charge in [-0.2, -0.15) is 0 Å². The number of nitrogens with one attached hydrogen (secondary N) is 3. The quantitative estimate of drug-likeness (QED) is 0.664. The Morgan fingerprint density at radius 3 is 2.81 bits per heavy atom. The molecule has 1 saturated carbocycles. The first-order valence-corrected chi connectivity index (χ1v) is 11.4. The summed E-state index contributed by atoms with van der Waals surface area (Å²) >= 11 is 6.64. The highest BCUT2D eigenvalue weighted by Gasteiger charge is 2.42. The number of nitrogens with zero attached hydrogens (tertiary/aromatic N) is 1. The van der Waals surface area contributed by atoms with E-state index in [4.69, 9.17) is 16.0 Å². The topological polar surface area (TPSA) is 86.6 Å². The summed E-state index contributed by atoms with van der Waals surface area (Å²) in [4.78, 5) is 26.3. The summed E-state index contributed by atoms with van der Waals surface area (Å²) in [5.74, 6) is 0.851. The van der Waals surface area contributed by atoms with Gasteiger partial charge in [-0.25, -0.2) is 0 Å². The van der Waals surface area contributed by atoms with Gasteiger partial charge in [0.2, 0.25) is 5.91 Å². The highest BCUT2D eigenvalue weighted by atomic mass is 35.5. The molecule has 2 fully saturated rings. The molecule has 3 aliphatic rings. The van der Waals surface area contributed by atoms with Crippen LogP contribution in [0, 0.1) is 0 Å². The van der Waals surface area contributed by atoms with Gasteiger partial charge in [-0.1, -0.05) is 37.4 Å². The molecule has 3 heterocycles. The number of furan rings is 1. The maximum Gasteiger partial charge on any atom is 0.287 e. The predicted octanol–water partition coefficient (Wildman–Crippen LogP) is 4.08. The van der Waals surface area contributed by atoms with Crippen molar-refractivity contribution in [2.75, 3.05) is 25.0 Å². The SMILES string of the molecule is C=C1Nc2c(Cl)cc3cc(C(=O)NCCN4CCCC4=O)oc3c2C2(CCCCC2)N1. The van der Waals surface area contributed by atoms with Crippen molar-refractivity contribution in [3.63, 3.8) is 0 Å². The van der Waals surface area contributed by atoms with Crippen LogP contribution in [-0.4, -0.2) is 36.3 Å². The minimum absolute atomic E-state index is 0.152. The largest absolute Gasteiger partial charge is 0.450 e. The molecule has 0 unspecified atom stereocenters. The normalized spacial score (nSPS) is 20.0. The van der Waals surface area contributed by atoms with Crippen LogP contribution in [0.15, 0.2) is 28.9 Å². The van der Waals surface area contributed by atoms with Crippen LogP contribution in [0.25, 0.3) is 11.0 Å². The van der Waals surface area contributed by atoms with Crippen LogP contribution in [0.3, 0.4) is 0 Å². The predicted molar refractivity (Wildman–Crippen MR) is 120 cm³/mol. The highest BCUT2D eigenvalue weighted by Crippen LogP contribution is 2.49. The first-order chi connectivity index (χ1) is 15.0. The Morgan fingerprint density at radius 1 is 1.26 bits per heavy atom. The van der Waals surface area contributed by atoms with Crippen LogP contribution < -0.4 is 16.0 Å². The van der Waals surface area contributed by atoms with Gasteiger partial charge in [-0.3, -0.25) is 9.59 Å². The van der Waals surface area contributed by atoms with Crippen molar-refractivity contribution in [2.24, 2.45) is 0 Å². The molecule has 8 heteroatoms. The minimum Gasteiger partial charge on any atom is -0.450 e. The Balaban J connectivity index is 1.44. The van der Waals surface area contributed by atoms with Crippen LogP contribution in [-0.2, 0) is 10.3 Å². The van der Waals surface area contributed by atoms with E-state index in [0.29, 0.717) is 30.1 Å². The van der Waals surface area contributed by atoms with Gasteiger partial charge >= 0.3 is 0 Å². The van der Waals surface area contributed by atoms with Gasteiger partial charge < -0.3 is 25.3 Å². The lowest BCUT2D eigenvalue weighted by atomic mass is 9.74. The zero-order chi connectivity index (χ0) is 21.6. The second kappa shape index (κ2) is 7.79. The van der Waals surface area contributed by atoms with Crippen molar-refractivity contribution >= 4 is 40.1 Å². The summed E-state index contributed by atoms with van der Waals surface area (Å²) in [5, 5.41) is 11.1. The van der Waals surface area contributed by atoms with Crippen molar-refractivity contribution in [3.05, 3.63) is 40.9 Å². The number of amides is 2. The number of carbonyl (C=O) groups is 2. The number of rotatable bonds is 4. The molecule has 1 saturated heterocycles. The van der Waals surface area contributed by atoms with Gasteiger partial charge in [-0.15, -0.1) is 0 Å². The number of benzene rings is 1. The van der Waals surface area contributed by atoms with Gasteiger partial charge in [0.15, 0.2) is 5.76 Å². The number of halogens is 1. The fraction of sp³-hybridized carbons (Fsp3) is 0.478. The number of likely N-dealkylation sites (tertiary alicyclic amines) is 1. The molecule has 0 atom stereocenters. The van der Waals surface area contributed by atoms with E-state index >= 15 is 0 Å². The molecular weight excluding hydrogens is 416 g/mol. The minimum atomic E-state index is -0.291. The van der Waals surface area contributed by atoms with Crippen molar-refractivity contribution in [1.82, 2.24) is 15.5 Å². The van der Waals surface area contributed by atoms with Crippen LogP contribution >= 0.6 is 11.6 Å². The Labute approximate surface area is 186 Å². The molecule has 2 aliphatic heterocycles. The van der Waals surface area contributed by atoms with Crippen molar-refractivity contribution in [2.45, 2.75) is 50.5 Å². The zero-order valence-corrected chi connectivity index (χ0v) is 18.2. The summed E-state index contributed by atoms with van der Waals surface area (Å²) in [5.41, 5.74) is 2.20. The summed E-state index contributed by atoms with van der Waals surface area (Å²) < 4.78 is 6.13. The maximum absolute atomic E-state index is 12.8. The molecule has 1 aromatic carbocycles. The Bertz CT molecular complexity index is 1070. The van der Waals surface area contributed by atoms with Gasteiger partial charge in [0.1, 0.15) is 5.58 Å². The van der Waals surface area contributed by atoms with E-state index in [9.17, 15) is 9.59 Å². The van der Waals surface area contributed by atoms with E-state index in [1.54, 1.807) is 11.0 Å². The van der Waals surface area contributed by atoms with E-state index in [1.807, 2.05) is 6.07 Å². The average molecular weight is 443 g/mol. The number of carbonyl (C=O) groups excluding carboxylic acids is 2. The van der Waals surface area contributed by atoms with Gasteiger partial charge in [0.05, 0.1) is 22.1 Å². The second-order valence-electron chi connectivity index (χ2n) is 8.75. The lowest BCUT2D eigenvalue weighted by Crippen LogP contribution is -2.48. The monoisotopic (exact) mass is 442 g/mol. The van der Waals surface area contributed by atoms with E-state index < -0.39 is 0 Å². The molecule has 2 aromatic rings. The lowest BCUT2D eigenvalue weighted by molar-refractivity contribution is -0.127. The van der Waals surface area contributed by atoms with Gasteiger partial charge in [0.25, 0.3) is 5.91 Å². The van der Waals surface area contributed by atoms with E-state index in [1.165, 1.54) is 6.42 Å². The molecule has 1 aromatic heterocycles. The van der Waals surface area contributed by atoms with Crippen molar-refractivity contribution in [3.8, 4) is 0 Å². The Morgan fingerprint density at radius 2 is 2.06 bits per heavy atom.